The maximum Gasteiger partial charge on any atom is 0.163 e. The molecular formula is C25H26N6. The SMILES string of the molecule is c1cncc(-c2nc(NCc3ccc(N4CCCCCC4)nc3)c3ccccc3n2)c1. The number of hydrogen-bond acceptors (Lipinski definition) is 6. The van der Waals surface area contributed by atoms with Crippen molar-refractivity contribution in [3.8, 4) is 11.4 Å². The molecule has 5 rings (SSSR count). The first-order valence-corrected chi connectivity index (χ1v) is 11.0. The number of nitrogens with one attached hydrogen (secondary N) is 1. The van der Waals surface area contributed by atoms with E-state index in [1.807, 2.05) is 42.6 Å². The molecule has 4 heterocycles. The van der Waals surface area contributed by atoms with Gasteiger partial charge in [0.25, 0.3) is 0 Å². The number of hydrogen-bond donors (Lipinski definition) is 1. The van der Waals surface area contributed by atoms with Gasteiger partial charge in [-0.25, -0.2) is 15.0 Å². The Labute approximate surface area is 182 Å². The summed E-state index contributed by atoms with van der Waals surface area (Å²) in [7, 11) is 0. The number of anilines is 2. The van der Waals surface area contributed by atoms with Crippen molar-refractivity contribution in [3.63, 3.8) is 0 Å². The molecule has 3 aromatic heterocycles. The Balaban J connectivity index is 1.36. The van der Waals surface area contributed by atoms with Gasteiger partial charge >= 0.3 is 0 Å². The van der Waals surface area contributed by atoms with Crippen molar-refractivity contribution in [1.82, 2.24) is 19.9 Å². The van der Waals surface area contributed by atoms with Gasteiger partial charge in [-0.05, 0) is 48.7 Å². The van der Waals surface area contributed by atoms with Crippen molar-refractivity contribution in [2.75, 3.05) is 23.3 Å². The van der Waals surface area contributed by atoms with Crippen molar-refractivity contribution in [3.05, 3.63) is 72.7 Å². The van der Waals surface area contributed by atoms with Crippen LogP contribution in [0.25, 0.3) is 22.3 Å². The normalized spacial score (nSPS) is 14.4. The van der Waals surface area contributed by atoms with Gasteiger partial charge in [0, 0.05) is 49.2 Å². The average molecular weight is 411 g/mol. The molecule has 4 aromatic rings. The van der Waals surface area contributed by atoms with Crippen LogP contribution in [0.1, 0.15) is 31.2 Å². The van der Waals surface area contributed by atoms with E-state index < -0.39 is 0 Å². The molecule has 31 heavy (non-hydrogen) atoms. The van der Waals surface area contributed by atoms with Crippen LogP contribution in [0.15, 0.2) is 67.1 Å². The second kappa shape index (κ2) is 9.08. The predicted molar refractivity (Wildman–Crippen MR) is 125 cm³/mol. The van der Waals surface area contributed by atoms with Gasteiger partial charge in [-0.15, -0.1) is 0 Å². The molecule has 0 radical (unpaired) electrons. The summed E-state index contributed by atoms with van der Waals surface area (Å²) < 4.78 is 0. The van der Waals surface area contributed by atoms with Gasteiger partial charge in [0.15, 0.2) is 5.82 Å². The maximum absolute atomic E-state index is 4.80. The van der Waals surface area contributed by atoms with Crippen molar-refractivity contribution < 1.29 is 0 Å². The van der Waals surface area contributed by atoms with Crippen molar-refractivity contribution in [1.29, 1.82) is 0 Å². The monoisotopic (exact) mass is 410 g/mol. The zero-order valence-electron chi connectivity index (χ0n) is 17.5. The molecule has 0 aliphatic carbocycles. The van der Waals surface area contributed by atoms with Crippen LogP contribution in [-0.4, -0.2) is 33.0 Å². The molecule has 0 saturated carbocycles. The Morgan fingerprint density at radius 3 is 2.48 bits per heavy atom. The van der Waals surface area contributed by atoms with Gasteiger partial charge < -0.3 is 10.2 Å². The van der Waals surface area contributed by atoms with Gasteiger partial charge in [-0.1, -0.05) is 31.0 Å². The first kappa shape index (κ1) is 19.4. The standard InChI is InChI=1S/C25H26N6/c1-2-6-15-31(14-5-1)23-12-11-19(16-27-23)17-28-25-21-9-3-4-10-22(21)29-24(30-25)20-8-7-13-26-18-20/h3-4,7-13,16,18H,1-2,5-6,14-15,17H2,(H,28,29,30). The minimum Gasteiger partial charge on any atom is -0.365 e. The molecule has 6 nitrogen and oxygen atoms in total. The molecule has 156 valence electrons. The maximum atomic E-state index is 4.80. The number of fused-ring (bicyclic) bond motifs is 1. The summed E-state index contributed by atoms with van der Waals surface area (Å²) in [5, 5.41) is 4.50. The lowest BCUT2D eigenvalue weighted by molar-refractivity contribution is 0.726. The largest absolute Gasteiger partial charge is 0.365 e. The zero-order valence-corrected chi connectivity index (χ0v) is 17.5. The van der Waals surface area contributed by atoms with Gasteiger partial charge in [0.1, 0.15) is 11.6 Å². The van der Waals surface area contributed by atoms with Gasteiger partial charge in [0.2, 0.25) is 0 Å². The molecule has 1 saturated heterocycles. The van der Waals surface area contributed by atoms with Crippen LogP contribution in [0.5, 0.6) is 0 Å². The topological polar surface area (TPSA) is 66.8 Å². The summed E-state index contributed by atoms with van der Waals surface area (Å²) in [5.41, 5.74) is 2.94. The summed E-state index contributed by atoms with van der Waals surface area (Å²) in [6.45, 7) is 2.87. The molecule has 0 atom stereocenters. The highest BCUT2D eigenvalue weighted by Gasteiger charge is 2.12. The zero-order chi connectivity index (χ0) is 20.9. The molecular weight excluding hydrogens is 384 g/mol. The fourth-order valence-corrected chi connectivity index (χ4v) is 4.03. The quantitative estimate of drug-likeness (QED) is 0.495. The van der Waals surface area contributed by atoms with E-state index in [1.54, 1.807) is 12.4 Å². The van der Waals surface area contributed by atoms with Crippen LogP contribution >= 0.6 is 0 Å². The highest BCUT2D eigenvalue weighted by Crippen LogP contribution is 2.25. The Morgan fingerprint density at radius 2 is 1.71 bits per heavy atom. The average Bonchev–Trinajstić information content (AvgIpc) is 3.13. The Kier molecular flexibility index (Phi) is 5.69. The molecule has 0 unspecified atom stereocenters. The highest BCUT2D eigenvalue weighted by atomic mass is 15.2. The van der Waals surface area contributed by atoms with E-state index >= 15 is 0 Å². The highest BCUT2D eigenvalue weighted by molar-refractivity contribution is 5.90. The number of benzene rings is 1. The Hall–Kier alpha value is -3.54. The number of para-hydroxylation sites is 1. The van der Waals surface area contributed by atoms with E-state index in [2.05, 4.69) is 27.3 Å². The lowest BCUT2D eigenvalue weighted by Gasteiger charge is -2.21. The first-order chi connectivity index (χ1) is 15.4. The van der Waals surface area contributed by atoms with Crippen LogP contribution in [-0.2, 0) is 6.54 Å². The molecule has 1 fully saturated rings. The lowest BCUT2D eigenvalue weighted by atomic mass is 10.2. The second-order valence-corrected chi connectivity index (χ2v) is 7.93. The van der Waals surface area contributed by atoms with Crippen LogP contribution in [0.2, 0.25) is 0 Å². The minimum absolute atomic E-state index is 0.654. The molecule has 1 N–H and O–H groups in total. The van der Waals surface area contributed by atoms with Crippen LogP contribution in [0.4, 0.5) is 11.6 Å². The fourth-order valence-electron chi connectivity index (χ4n) is 4.03. The van der Waals surface area contributed by atoms with Crippen molar-refractivity contribution >= 4 is 22.5 Å². The van der Waals surface area contributed by atoms with E-state index in [0.717, 1.165) is 46.8 Å². The number of rotatable bonds is 5. The van der Waals surface area contributed by atoms with Gasteiger partial charge in [-0.3, -0.25) is 4.98 Å². The van der Waals surface area contributed by atoms with Crippen LogP contribution < -0.4 is 10.2 Å². The number of pyridine rings is 2. The van der Waals surface area contributed by atoms with Gasteiger partial charge in [-0.2, -0.15) is 0 Å². The minimum atomic E-state index is 0.654. The molecule has 0 amide bonds. The summed E-state index contributed by atoms with van der Waals surface area (Å²) in [6, 6.07) is 16.2. The van der Waals surface area contributed by atoms with E-state index in [-0.39, 0.29) is 0 Å². The van der Waals surface area contributed by atoms with E-state index in [4.69, 9.17) is 15.0 Å². The smallest absolute Gasteiger partial charge is 0.163 e. The molecule has 1 aliphatic rings. The second-order valence-electron chi connectivity index (χ2n) is 7.93. The fraction of sp³-hybridized carbons (Fsp3) is 0.280. The summed E-state index contributed by atoms with van der Waals surface area (Å²) in [5.74, 6) is 2.57. The Bertz CT molecular complexity index is 1140. The third-order valence-corrected chi connectivity index (χ3v) is 5.72. The third-order valence-electron chi connectivity index (χ3n) is 5.72. The van der Waals surface area contributed by atoms with Crippen LogP contribution in [0, 0.1) is 0 Å². The third kappa shape index (κ3) is 4.48. The molecule has 0 bridgehead atoms. The van der Waals surface area contributed by atoms with Gasteiger partial charge in [0.05, 0.1) is 5.52 Å². The summed E-state index contributed by atoms with van der Waals surface area (Å²) in [4.78, 5) is 20.9. The van der Waals surface area contributed by atoms with E-state index in [9.17, 15) is 0 Å². The van der Waals surface area contributed by atoms with E-state index in [1.165, 1.54) is 25.7 Å². The molecule has 1 aliphatic heterocycles. The van der Waals surface area contributed by atoms with Crippen molar-refractivity contribution in [2.45, 2.75) is 32.2 Å². The first-order valence-electron chi connectivity index (χ1n) is 11.0. The van der Waals surface area contributed by atoms with E-state index in [0.29, 0.717) is 12.4 Å². The predicted octanol–water partition coefficient (Wildman–Crippen LogP) is 5.08. The number of aromatic nitrogens is 4. The summed E-state index contributed by atoms with van der Waals surface area (Å²) >= 11 is 0. The molecule has 0 spiro atoms. The molecule has 1 aromatic carbocycles. The Morgan fingerprint density at radius 1 is 0.839 bits per heavy atom. The van der Waals surface area contributed by atoms with Crippen LogP contribution in [0.3, 0.4) is 0 Å². The van der Waals surface area contributed by atoms with Crippen molar-refractivity contribution in [2.24, 2.45) is 0 Å². The molecule has 6 heteroatoms. The number of nitrogens with zero attached hydrogens (tertiary/aromatic N) is 5. The summed E-state index contributed by atoms with van der Waals surface area (Å²) in [6.07, 6.45) is 10.7. The lowest BCUT2D eigenvalue weighted by Crippen LogP contribution is -2.24.